The van der Waals surface area contributed by atoms with E-state index in [9.17, 15) is 4.79 Å². The third-order valence-electron chi connectivity index (χ3n) is 3.05. The predicted octanol–water partition coefficient (Wildman–Crippen LogP) is 5.25. The van der Waals surface area contributed by atoms with E-state index in [-0.39, 0.29) is 5.91 Å². The van der Waals surface area contributed by atoms with Gasteiger partial charge in [0, 0.05) is 16.4 Å². The Morgan fingerprint density at radius 1 is 1.22 bits per heavy atom. The van der Waals surface area contributed by atoms with Crippen molar-refractivity contribution in [2.24, 2.45) is 0 Å². The van der Waals surface area contributed by atoms with Crippen LogP contribution in [0.4, 0.5) is 5.13 Å². The van der Waals surface area contributed by atoms with Crippen LogP contribution in [-0.4, -0.2) is 17.1 Å². The molecule has 0 aliphatic rings. The van der Waals surface area contributed by atoms with Gasteiger partial charge in [-0.2, -0.15) is 0 Å². The first-order chi connectivity index (χ1) is 11.2. The zero-order valence-electron chi connectivity index (χ0n) is 12.4. The van der Waals surface area contributed by atoms with E-state index in [1.807, 2.05) is 53.4 Å². The molecule has 1 N–H and O–H groups in total. The first kappa shape index (κ1) is 16.0. The predicted molar refractivity (Wildman–Crippen MR) is 101 cm³/mol. The molecule has 0 fully saturated rings. The summed E-state index contributed by atoms with van der Waals surface area (Å²) in [6, 6.07) is 12.1. The number of carbonyl (C=O) groups is 1. The monoisotopic (exact) mass is 358 g/mol. The maximum atomic E-state index is 12.0. The highest BCUT2D eigenvalue weighted by atomic mass is 32.2. The Bertz CT molecular complexity index is 805. The topological polar surface area (TPSA) is 42.0 Å². The van der Waals surface area contributed by atoms with Gasteiger partial charge in [-0.25, -0.2) is 4.98 Å². The number of thiazole rings is 1. The molecule has 0 saturated heterocycles. The molecule has 1 amide bonds. The van der Waals surface area contributed by atoms with Gasteiger partial charge in [0.1, 0.15) is 0 Å². The minimum atomic E-state index is -0.175. The van der Waals surface area contributed by atoms with E-state index in [0.717, 1.165) is 16.1 Å². The van der Waals surface area contributed by atoms with E-state index in [1.165, 1.54) is 22.3 Å². The van der Waals surface area contributed by atoms with E-state index in [0.29, 0.717) is 5.13 Å². The first-order valence-corrected chi connectivity index (χ1v) is 9.85. The number of hydrogen-bond donors (Lipinski definition) is 1. The molecule has 1 aromatic carbocycles. The van der Waals surface area contributed by atoms with E-state index in [2.05, 4.69) is 10.3 Å². The fraction of sp³-hybridized carbons (Fsp3) is 0.0588. The van der Waals surface area contributed by atoms with Crippen LogP contribution in [0.25, 0.3) is 16.6 Å². The number of nitrogens with zero attached hydrogens (tertiary/aromatic N) is 1. The second-order valence-corrected chi connectivity index (χ2v) is 7.30. The molecule has 23 heavy (non-hydrogen) atoms. The van der Waals surface area contributed by atoms with Gasteiger partial charge < -0.3 is 0 Å². The minimum absolute atomic E-state index is 0.175. The number of nitrogens with one attached hydrogen (secondary N) is 1. The standard InChI is InChI=1S/C17H14N2OS3/c1-21-13-7-4-12(5-8-13)6-9-16(20)19-17-18-14(11-23-17)15-3-2-10-22-15/h2-11H,1H3,(H,18,19,20)/b9-6+. The quantitative estimate of drug-likeness (QED) is 0.500. The summed E-state index contributed by atoms with van der Waals surface area (Å²) in [5, 5.41) is 7.37. The minimum Gasteiger partial charge on any atom is -0.298 e. The van der Waals surface area contributed by atoms with Gasteiger partial charge in [-0.1, -0.05) is 18.2 Å². The Balaban J connectivity index is 1.61. The van der Waals surface area contributed by atoms with E-state index < -0.39 is 0 Å². The summed E-state index contributed by atoms with van der Waals surface area (Å²) in [5.41, 5.74) is 1.90. The maximum absolute atomic E-state index is 12.0. The molecule has 0 saturated carbocycles. The van der Waals surface area contributed by atoms with Gasteiger partial charge in [-0.15, -0.1) is 34.4 Å². The maximum Gasteiger partial charge on any atom is 0.250 e. The fourth-order valence-electron chi connectivity index (χ4n) is 1.90. The molecule has 0 aliphatic carbocycles. The van der Waals surface area contributed by atoms with Crippen molar-refractivity contribution in [3.8, 4) is 10.6 Å². The van der Waals surface area contributed by atoms with Gasteiger partial charge in [0.05, 0.1) is 10.6 Å². The zero-order chi connectivity index (χ0) is 16.1. The van der Waals surface area contributed by atoms with Gasteiger partial charge >= 0.3 is 0 Å². The highest BCUT2D eigenvalue weighted by Gasteiger charge is 2.06. The summed E-state index contributed by atoms with van der Waals surface area (Å²) in [6.07, 6.45) is 5.37. The first-order valence-electron chi connectivity index (χ1n) is 6.87. The molecule has 0 aliphatic heterocycles. The molecule has 0 spiro atoms. The van der Waals surface area contributed by atoms with Crippen LogP contribution >= 0.6 is 34.4 Å². The number of hydrogen-bond acceptors (Lipinski definition) is 5. The molecule has 0 radical (unpaired) electrons. The smallest absolute Gasteiger partial charge is 0.250 e. The average molecular weight is 359 g/mol. The van der Waals surface area contributed by atoms with Crippen LogP contribution in [-0.2, 0) is 4.79 Å². The highest BCUT2D eigenvalue weighted by Crippen LogP contribution is 2.28. The lowest BCUT2D eigenvalue weighted by molar-refractivity contribution is -0.111. The zero-order valence-corrected chi connectivity index (χ0v) is 14.8. The fourth-order valence-corrected chi connectivity index (χ4v) is 3.79. The van der Waals surface area contributed by atoms with Crippen molar-refractivity contribution in [3.05, 3.63) is 58.8 Å². The third-order valence-corrected chi connectivity index (χ3v) is 5.44. The van der Waals surface area contributed by atoms with Gasteiger partial charge in [0.25, 0.3) is 0 Å². The average Bonchev–Trinajstić information content (AvgIpc) is 3.24. The van der Waals surface area contributed by atoms with Crippen LogP contribution in [0, 0.1) is 0 Å². The van der Waals surface area contributed by atoms with E-state index >= 15 is 0 Å². The third kappa shape index (κ3) is 4.31. The summed E-state index contributed by atoms with van der Waals surface area (Å²) >= 11 is 4.76. The molecule has 3 nitrogen and oxygen atoms in total. The van der Waals surface area contributed by atoms with Crippen molar-refractivity contribution in [1.29, 1.82) is 0 Å². The molecule has 6 heteroatoms. The number of thioether (sulfide) groups is 1. The molecular formula is C17H14N2OS3. The number of aromatic nitrogens is 1. The number of benzene rings is 1. The Morgan fingerprint density at radius 2 is 2.04 bits per heavy atom. The van der Waals surface area contributed by atoms with Gasteiger partial charge in [-0.3, -0.25) is 10.1 Å². The van der Waals surface area contributed by atoms with Crippen molar-refractivity contribution in [2.75, 3.05) is 11.6 Å². The van der Waals surface area contributed by atoms with Crippen LogP contribution in [0.5, 0.6) is 0 Å². The van der Waals surface area contributed by atoms with Crippen molar-refractivity contribution >= 4 is 51.6 Å². The van der Waals surface area contributed by atoms with Crippen LogP contribution in [0.2, 0.25) is 0 Å². The molecule has 116 valence electrons. The van der Waals surface area contributed by atoms with Crippen molar-refractivity contribution in [1.82, 2.24) is 4.98 Å². The van der Waals surface area contributed by atoms with Crippen molar-refractivity contribution in [2.45, 2.75) is 4.90 Å². The van der Waals surface area contributed by atoms with E-state index in [4.69, 9.17) is 0 Å². The summed E-state index contributed by atoms with van der Waals surface area (Å²) in [7, 11) is 0. The normalized spacial score (nSPS) is 11.0. The number of carbonyl (C=O) groups excluding carboxylic acids is 1. The lowest BCUT2D eigenvalue weighted by Crippen LogP contribution is -2.07. The molecule has 3 aromatic rings. The number of rotatable bonds is 5. The summed E-state index contributed by atoms with van der Waals surface area (Å²) in [4.78, 5) is 18.7. The van der Waals surface area contributed by atoms with Crippen LogP contribution in [0.1, 0.15) is 5.56 Å². The number of thiophene rings is 1. The van der Waals surface area contributed by atoms with E-state index in [1.54, 1.807) is 29.2 Å². The highest BCUT2D eigenvalue weighted by molar-refractivity contribution is 7.98. The molecule has 3 rings (SSSR count). The van der Waals surface area contributed by atoms with Crippen molar-refractivity contribution < 1.29 is 4.79 Å². The summed E-state index contributed by atoms with van der Waals surface area (Å²) < 4.78 is 0. The molecule has 0 atom stereocenters. The van der Waals surface area contributed by atoms with Crippen LogP contribution < -0.4 is 5.32 Å². The lowest BCUT2D eigenvalue weighted by Gasteiger charge is -1.98. The second kappa shape index (κ2) is 7.59. The van der Waals surface area contributed by atoms with Crippen LogP contribution in [0.3, 0.4) is 0 Å². The number of amides is 1. The molecule has 2 aromatic heterocycles. The second-order valence-electron chi connectivity index (χ2n) is 4.61. The lowest BCUT2D eigenvalue weighted by atomic mass is 10.2. The van der Waals surface area contributed by atoms with Crippen LogP contribution in [0.15, 0.2) is 58.1 Å². The summed E-state index contributed by atoms with van der Waals surface area (Å²) in [6.45, 7) is 0. The largest absolute Gasteiger partial charge is 0.298 e. The molecule has 2 heterocycles. The van der Waals surface area contributed by atoms with Gasteiger partial charge in [0.2, 0.25) is 5.91 Å². The molecule has 0 unspecified atom stereocenters. The Labute approximate surface area is 147 Å². The van der Waals surface area contributed by atoms with Gasteiger partial charge in [-0.05, 0) is 41.5 Å². The SMILES string of the molecule is CSc1ccc(/C=C/C(=O)Nc2nc(-c3cccs3)cs2)cc1. The Morgan fingerprint density at radius 3 is 2.74 bits per heavy atom. The Hall–Kier alpha value is -1.89. The summed E-state index contributed by atoms with van der Waals surface area (Å²) in [5.74, 6) is -0.175. The van der Waals surface area contributed by atoms with Crippen molar-refractivity contribution in [3.63, 3.8) is 0 Å². The molecule has 0 bridgehead atoms. The Kier molecular flexibility index (Phi) is 5.27. The molecular weight excluding hydrogens is 344 g/mol. The van der Waals surface area contributed by atoms with Gasteiger partial charge in [0.15, 0.2) is 5.13 Å². The number of anilines is 1.